The van der Waals surface area contributed by atoms with E-state index in [1.165, 1.54) is 38.5 Å². The van der Waals surface area contributed by atoms with Crippen LogP contribution in [0.1, 0.15) is 127 Å². The highest BCUT2D eigenvalue weighted by atomic mass is 28.4. The predicted molar refractivity (Wildman–Crippen MR) is 137 cm³/mol. The number of hydrogen-bond acceptors (Lipinski definition) is 3. The van der Waals surface area contributed by atoms with Crippen molar-refractivity contribution in [2.75, 3.05) is 6.61 Å². The first kappa shape index (κ1) is 29.1. The van der Waals surface area contributed by atoms with E-state index in [9.17, 15) is 0 Å². The number of rotatable bonds is 14. The maximum absolute atomic E-state index is 6.75. The van der Waals surface area contributed by atoms with Crippen molar-refractivity contribution < 1.29 is 13.9 Å². The van der Waals surface area contributed by atoms with Gasteiger partial charge in [-0.25, -0.2) is 0 Å². The number of unbranched alkanes of at least 4 members (excludes halogenated alkanes) is 4. The molecule has 31 heavy (non-hydrogen) atoms. The summed E-state index contributed by atoms with van der Waals surface area (Å²) in [6.07, 6.45) is 11.5. The zero-order valence-corrected chi connectivity index (χ0v) is 23.8. The molecule has 4 heteroatoms. The first-order chi connectivity index (χ1) is 14.4. The second-order valence-corrected chi connectivity index (χ2v) is 17.4. The Bertz CT molecular complexity index is 448. The van der Waals surface area contributed by atoms with Crippen LogP contribution in [0.4, 0.5) is 0 Å². The van der Waals surface area contributed by atoms with Crippen molar-refractivity contribution in [3.8, 4) is 0 Å². The van der Waals surface area contributed by atoms with E-state index >= 15 is 0 Å². The zero-order valence-electron chi connectivity index (χ0n) is 22.8. The van der Waals surface area contributed by atoms with E-state index < -0.39 is 8.32 Å². The molecule has 0 aliphatic carbocycles. The van der Waals surface area contributed by atoms with E-state index in [1.807, 2.05) is 0 Å². The minimum atomic E-state index is -1.74. The van der Waals surface area contributed by atoms with Gasteiger partial charge in [0, 0.05) is 12.0 Å². The van der Waals surface area contributed by atoms with Gasteiger partial charge in [0.25, 0.3) is 0 Å². The van der Waals surface area contributed by atoms with E-state index in [0.717, 1.165) is 25.9 Å². The summed E-state index contributed by atoms with van der Waals surface area (Å²) in [5.74, 6) is 0. The second kappa shape index (κ2) is 13.7. The molecule has 1 aliphatic heterocycles. The maximum atomic E-state index is 6.75. The Kier molecular flexibility index (Phi) is 12.9. The third-order valence-corrected chi connectivity index (χ3v) is 13.3. The van der Waals surface area contributed by atoms with Gasteiger partial charge >= 0.3 is 0 Å². The molecule has 186 valence electrons. The minimum Gasteiger partial charge on any atom is -0.416 e. The van der Waals surface area contributed by atoms with Crippen LogP contribution in [-0.4, -0.2) is 33.4 Å². The Hall–Kier alpha value is 0.0969. The summed E-state index contributed by atoms with van der Waals surface area (Å²) >= 11 is 0. The second-order valence-electron chi connectivity index (χ2n) is 12.0. The zero-order chi connectivity index (χ0) is 23.7. The van der Waals surface area contributed by atoms with Crippen LogP contribution in [0.2, 0.25) is 16.6 Å². The van der Waals surface area contributed by atoms with Gasteiger partial charge in [0.2, 0.25) is 0 Å². The van der Waals surface area contributed by atoms with Gasteiger partial charge in [-0.2, -0.15) is 0 Å². The number of hydrogen-bond donors (Lipinski definition) is 0. The third-order valence-electron chi connectivity index (χ3n) is 7.22. The molecule has 3 nitrogen and oxygen atoms in total. The summed E-state index contributed by atoms with van der Waals surface area (Å²) in [5, 5.41) is 0. The van der Waals surface area contributed by atoms with Gasteiger partial charge in [0.1, 0.15) is 0 Å². The molecule has 0 amide bonds. The summed E-state index contributed by atoms with van der Waals surface area (Å²) < 4.78 is 19.5. The van der Waals surface area contributed by atoms with E-state index in [2.05, 4.69) is 69.2 Å². The van der Waals surface area contributed by atoms with Crippen LogP contribution < -0.4 is 0 Å². The van der Waals surface area contributed by atoms with Gasteiger partial charge in [-0.15, -0.1) is 0 Å². The van der Waals surface area contributed by atoms with Crippen molar-refractivity contribution in [3.63, 3.8) is 0 Å². The Balaban J connectivity index is 2.54. The molecule has 1 rings (SSSR count). The molecule has 1 saturated heterocycles. The molecular weight excluding hydrogens is 400 g/mol. The molecule has 1 heterocycles. The SMILES string of the molecule is CCCCCC[C@H]1C[C@H](CCCCO[Si](C(C)C)(C(C)C)C(C)C)O[C@@H](C(C)(C)C)O1. The van der Waals surface area contributed by atoms with Crippen molar-refractivity contribution in [1.82, 2.24) is 0 Å². The van der Waals surface area contributed by atoms with E-state index in [-0.39, 0.29) is 11.7 Å². The summed E-state index contributed by atoms with van der Waals surface area (Å²) in [5.41, 5.74) is 2.01. The summed E-state index contributed by atoms with van der Waals surface area (Å²) in [6, 6.07) is 0. The summed E-state index contributed by atoms with van der Waals surface area (Å²) in [4.78, 5) is 0. The first-order valence-corrected chi connectivity index (χ1v) is 15.5. The molecule has 0 bridgehead atoms. The fraction of sp³-hybridized carbons (Fsp3) is 1.00. The van der Waals surface area contributed by atoms with Crippen LogP contribution in [0.15, 0.2) is 0 Å². The largest absolute Gasteiger partial charge is 0.416 e. The Morgan fingerprint density at radius 2 is 1.26 bits per heavy atom. The molecular formula is C27H56O3Si. The van der Waals surface area contributed by atoms with Gasteiger partial charge < -0.3 is 13.9 Å². The molecule has 0 aromatic rings. The molecule has 0 saturated carbocycles. The maximum Gasteiger partial charge on any atom is 0.200 e. The van der Waals surface area contributed by atoms with Crippen LogP contribution in [0.3, 0.4) is 0 Å². The van der Waals surface area contributed by atoms with Gasteiger partial charge in [-0.3, -0.25) is 0 Å². The van der Waals surface area contributed by atoms with Crippen LogP contribution in [-0.2, 0) is 13.9 Å². The lowest BCUT2D eigenvalue weighted by molar-refractivity contribution is -0.281. The molecule has 1 aliphatic rings. The summed E-state index contributed by atoms with van der Waals surface area (Å²) in [7, 11) is -1.74. The Labute approximate surface area is 196 Å². The lowest BCUT2D eigenvalue weighted by Crippen LogP contribution is -2.48. The van der Waals surface area contributed by atoms with E-state index in [1.54, 1.807) is 0 Å². The van der Waals surface area contributed by atoms with Gasteiger partial charge in [-0.05, 0) is 48.7 Å². The topological polar surface area (TPSA) is 27.7 Å². The smallest absolute Gasteiger partial charge is 0.200 e. The van der Waals surface area contributed by atoms with Crippen LogP contribution in [0.25, 0.3) is 0 Å². The van der Waals surface area contributed by atoms with Crippen LogP contribution in [0, 0.1) is 5.41 Å². The molecule has 0 spiro atoms. The molecule has 3 atom stereocenters. The van der Waals surface area contributed by atoms with Crippen molar-refractivity contribution in [1.29, 1.82) is 0 Å². The lowest BCUT2D eigenvalue weighted by Gasteiger charge is -2.42. The van der Waals surface area contributed by atoms with Gasteiger partial charge in [0.05, 0.1) is 12.2 Å². The fourth-order valence-electron chi connectivity index (χ4n) is 5.59. The van der Waals surface area contributed by atoms with Crippen molar-refractivity contribution in [2.45, 2.75) is 162 Å². The minimum absolute atomic E-state index is 0.0282. The predicted octanol–water partition coefficient (Wildman–Crippen LogP) is 8.87. The van der Waals surface area contributed by atoms with Crippen molar-refractivity contribution >= 4 is 8.32 Å². The normalized spacial score (nSPS) is 23.3. The highest BCUT2D eigenvalue weighted by Crippen LogP contribution is 2.42. The Morgan fingerprint density at radius 1 is 0.774 bits per heavy atom. The summed E-state index contributed by atoms with van der Waals surface area (Å²) in [6.45, 7) is 24.1. The highest BCUT2D eigenvalue weighted by molar-refractivity contribution is 6.77. The van der Waals surface area contributed by atoms with Crippen molar-refractivity contribution in [3.05, 3.63) is 0 Å². The molecule has 1 fully saturated rings. The average molecular weight is 457 g/mol. The van der Waals surface area contributed by atoms with Crippen molar-refractivity contribution in [2.24, 2.45) is 5.41 Å². The fourth-order valence-corrected chi connectivity index (χ4v) is 11.1. The van der Waals surface area contributed by atoms with E-state index in [4.69, 9.17) is 13.9 Å². The quantitative estimate of drug-likeness (QED) is 0.193. The highest BCUT2D eigenvalue weighted by Gasteiger charge is 2.44. The van der Waals surface area contributed by atoms with Crippen LogP contribution in [0.5, 0.6) is 0 Å². The number of ether oxygens (including phenoxy) is 2. The standard InChI is InChI=1S/C27H56O3Si/c1-11-12-13-14-17-24-20-25(30-26(29-24)27(8,9)10)18-15-16-19-28-31(21(2)3,22(4)5)23(6)7/h21-26H,11-20H2,1-10H3/t24-,25-,26-/m0/s1. The van der Waals surface area contributed by atoms with Crippen LogP contribution >= 0.6 is 0 Å². The third kappa shape index (κ3) is 9.10. The average Bonchev–Trinajstić information content (AvgIpc) is 2.66. The molecule has 0 unspecified atom stereocenters. The van der Waals surface area contributed by atoms with Gasteiger partial charge in [0.15, 0.2) is 14.6 Å². The molecule has 0 N–H and O–H groups in total. The Morgan fingerprint density at radius 3 is 1.68 bits per heavy atom. The first-order valence-electron chi connectivity index (χ1n) is 13.4. The molecule has 0 aromatic carbocycles. The lowest BCUT2D eigenvalue weighted by atomic mass is 9.92. The molecule has 0 radical (unpaired) electrons. The molecule has 0 aromatic heterocycles. The van der Waals surface area contributed by atoms with E-state index in [0.29, 0.717) is 28.8 Å². The van der Waals surface area contributed by atoms with Gasteiger partial charge in [-0.1, -0.05) is 94.9 Å². The monoisotopic (exact) mass is 456 g/mol.